The molecule has 4 aromatic rings. The third-order valence-corrected chi connectivity index (χ3v) is 4.61. The van der Waals surface area contributed by atoms with Crippen molar-refractivity contribution in [1.29, 1.82) is 0 Å². The highest BCUT2D eigenvalue weighted by Gasteiger charge is 2.19. The SMILES string of the molecule is CNC(=O)c1nn(C)c2cc(Oc3ccnn4cc(C(=O)O)c(C)c34)ccc12. The highest BCUT2D eigenvalue weighted by Crippen LogP contribution is 2.32. The van der Waals surface area contributed by atoms with Crippen molar-refractivity contribution in [2.45, 2.75) is 6.92 Å². The second-order valence-corrected chi connectivity index (χ2v) is 6.29. The van der Waals surface area contributed by atoms with Crippen LogP contribution in [0.1, 0.15) is 26.4 Å². The van der Waals surface area contributed by atoms with E-state index in [-0.39, 0.29) is 11.5 Å². The van der Waals surface area contributed by atoms with E-state index in [4.69, 9.17) is 4.74 Å². The molecule has 142 valence electrons. The molecular weight excluding hydrogens is 362 g/mol. The molecule has 0 aliphatic rings. The predicted molar refractivity (Wildman–Crippen MR) is 101 cm³/mol. The summed E-state index contributed by atoms with van der Waals surface area (Å²) < 4.78 is 9.13. The van der Waals surface area contributed by atoms with Gasteiger partial charge in [0.25, 0.3) is 5.91 Å². The Morgan fingerprint density at radius 1 is 1.25 bits per heavy atom. The molecule has 0 bridgehead atoms. The van der Waals surface area contributed by atoms with E-state index in [1.165, 1.54) is 10.7 Å². The molecule has 0 aliphatic heterocycles. The molecule has 1 aromatic carbocycles. The van der Waals surface area contributed by atoms with Crippen LogP contribution in [0, 0.1) is 6.92 Å². The summed E-state index contributed by atoms with van der Waals surface area (Å²) in [5.41, 5.74) is 2.39. The molecule has 0 fully saturated rings. The van der Waals surface area contributed by atoms with Crippen LogP contribution in [0.15, 0.2) is 36.7 Å². The average Bonchev–Trinajstić information content (AvgIpc) is 3.19. The van der Waals surface area contributed by atoms with Gasteiger partial charge in [-0.2, -0.15) is 10.2 Å². The van der Waals surface area contributed by atoms with Gasteiger partial charge in [-0.25, -0.2) is 9.31 Å². The molecule has 9 heteroatoms. The van der Waals surface area contributed by atoms with Gasteiger partial charge < -0.3 is 15.2 Å². The van der Waals surface area contributed by atoms with E-state index in [1.807, 2.05) is 0 Å². The van der Waals surface area contributed by atoms with Crippen LogP contribution >= 0.6 is 0 Å². The number of aromatic nitrogens is 4. The van der Waals surface area contributed by atoms with E-state index < -0.39 is 5.97 Å². The Bertz CT molecular complexity index is 1250. The number of hydrogen-bond donors (Lipinski definition) is 2. The van der Waals surface area contributed by atoms with Gasteiger partial charge in [-0.15, -0.1) is 0 Å². The number of rotatable bonds is 4. The zero-order valence-corrected chi connectivity index (χ0v) is 15.4. The van der Waals surface area contributed by atoms with E-state index in [0.29, 0.717) is 33.7 Å². The first-order valence-electron chi connectivity index (χ1n) is 8.47. The first-order chi connectivity index (χ1) is 13.4. The molecule has 0 atom stereocenters. The number of fused-ring (bicyclic) bond motifs is 2. The Labute approximate surface area is 159 Å². The number of hydrogen-bond acceptors (Lipinski definition) is 5. The quantitative estimate of drug-likeness (QED) is 0.563. The van der Waals surface area contributed by atoms with Gasteiger partial charge in [0.1, 0.15) is 11.3 Å². The second-order valence-electron chi connectivity index (χ2n) is 6.29. The highest BCUT2D eigenvalue weighted by atomic mass is 16.5. The molecular formula is C19H17N5O4. The van der Waals surface area contributed by atoms with Crippen molar-refractivity contribution >= 4 is 28.3 Å². The van der Waals surface area contributed by atoms with Crippen LogP contribution < -0.4 is 10.1 Å². The summed E-state index contributed by atoms with van der Waals surface area (Å²) in [5.74, 6) is -0.273. The standard InChI is InChI=1S/C19H17N5O4/c1-10-13(19(26)27)9-24-17(10)15(6-7-21-24)28-11-4-5-12-14(8-11)23(3)22-16(12)18(25)20-2/h4-9H,1-3H3,(H,20,25)(H,26,27). The Hall–Kier alpha value is -3.88. The van der Waals surface area contributed by atoms with Gasteiger partial charge in [-0.3, -0.25) is 9.48 Å². The number of amides is 1. The Morgan fingerprint density at radius 2 is 2.04 bits per heavy atom. The van der Waals surface area contributed by atoms with Gasteiger partial charge >= 0.3 is 5.97 Å². The number of carbonyl (C=O) groups excluding carboxylic acids is 1. The molecule has 3 heterocycles. The number of carboxylic acid groups (broad SMARTS) is 1. The molecule has 9 nitrogen and oxygen atoms in total. The maximum atomic E-state index is 12.0. The fraction of sp³-hybridized carbons (Fsp3) is 0.158. The molecule has 0 aliphatic carbocycles. The fourth-order valence-electron chi connectivity index (χ4n) is 3.24. The predicted octanol–water partition coefficient (Wildman–Crippen LogP) is 2.38. The van der Waals surface area contributed by atoms with Crippen molar-refractivity contribution in [2.75, 3.05) is 7.05 Å². The number of aryl methyl sites for hydroxylation is 2. The van der Waals surface area contributed by atoms with E-state index >= 15 is 0 Å². The van der Waals surface area contributed by atoms with Crippen LogP contribution in [0.2, 0.25) is 0 Å². The summed E-state index contributed by atoms with van der Waals surface area (Å²) in [7, 11) is 3.31. The molecule has 0 saturated heterocycles. The first-order valence-corrected chi connectivity index (χ1v) is 8.47. The number of aromatic carboxylic acids is 1. The maximum absolute atomic E-state index is 12.0. The lowest BCUT2D eigenvalue weighted by Crippen LogP contribution is -2.18. The van der Waals surface area contributed by atoms with E-state index in [0.717, 1.165) is 5.52 Å². The number of carboxylic acids is 1. The summed E-state index contributed by atoms with van der Waals surface area (Å²) in [4.78, 5) is 23.4. The first kappa shape index (κ1) is 17.5. The van der Waals surface area contributed by atoms with E-state index in [2.05, 4.69) is 15.5 Å². The van der Waals surface area contributed by atoms with Crippen molar-refractivity contribution in [2.24, 2.45) is 7.05 Å². The summed E-state index contributed by atoms with van der Waals surface area (Å²) >= 11 is 0. The van der Waals surface area contributed by atoms with Crippen LogP contribution in [0.3, 0.4) is 0 Å². The summed E-state index contributed by atoms with van der Waals surface area (Å²) in [5, 5.41) is 21.0. The minimum absolute atomic E-state index is 0.167. The third-order valence-electron chi connectivity index (χ3n) is 4.61. The number of nitrogens with one attached hydrogen (secondary N) is 1. The van der Waals surface area contributed by atoms with Gasteiger partial charge in [0.05, 0.1) is 17.3 Å². The van der Waals surface area contributed by atoms with Crippen LogP contribution in [-0.4, -0.2) is 43.4 Å². The fourth-order valence-corrected chi connectivity index (χ4v) is 3.24. The Kier molecular flexibility index (Phi) is 3.99. The van der Waals surface area contributed by atoms with Gasteiger partial charge in [0.2, 0.25) is 0 Å². The summed E-state index contributed by atoms with van der Waals surface area (Å²) in [6, 6.07) is 6.97. The lowest BCUT2D eigenvalue weighted by molar-refractivity contribution is 0.0696. The zero-order chi connectivity index (χ0) is 20.0. The molecule has 0 spiro atoms. The van der Waals surface area contributed by atoms with Gasteiger partial charge in [0.15, 0.2) is 11.4 Å². The van der Waals surface area contributed by atoms with Crippen molar-refractivity contribution in [3.63, 3.8) is 0 Å². The molecule has 4 rings (SSSR count). The second kappa shape index (κ2) is 6.38. The maximum Gasteiger partial charge on any atom is 0.337 e. The van der Waals surface area contributed by atoms with Gasteiger partial charge in [-0.05, 0) is 24.6 Å². The van der Waals surface area contributed by atoms with Gasteiger partial charge in [-0.1, -0.05) is 0 Å². The van der Waals surface area contributed by atoms with Gasteiger partial charge in [0, 0.05) is 37.8 Å². The largest absolute Gasteiger partial charge is 0.478 e. The molecule has 0 saturated carbocycles. The van der Waals surface area contributed by atoms with Crippen LogP contribution in [-0.2, 0) is 7.05 Å². The number of nitrogens with zero attached hydrogens (tertiary/aromatic N) is 4. The highest BCUT2D eigenvalue weighted by molar-refractivity contribution is 6.05. The smallest absolute Gasteiger partial charge is 0.337 e. The number of benzene rings is 1. The molecule has 3 aromatic heterocycles. The molecule has 2 N–H and O–H groups in total. The lowest BCUT2D eigenvalue weighted by Gasteiger charge is -2.08. The lowest BCUT2D eigenvalue weighted by atomic mass is 10.2. The van der Waals surface area contributed by atoms with Crippen molar-refractivity contribution in [3.05, 3.63) is 53.5 Å². The van der Waals surface area contributed by atoms with Crippen molar-refractivity contribution < 1.29 is 19.4 Å². The van der Waals surface area contributed by atoms with Crippen molar-refractivity contribution in [1.82, 2.24) is 24.7 Å². The van der Waals surface area contributed by atoms with Crippen LogP contribution in [0.25, 0.3) is 16.4 Å². The van der Waals surface area contributed by atoms with Crippen molar-refractivity contribution in [3.8, 4) is 11.5 Å². The Balaban J connectivity index is 1.79. The summed E-state index contributed by atoms with van der Waals surface area (Å²) in [6.07, 6.45) is 3.00. The number of ether oxygens (including phenoxy) is 1. The monoisotopic (exact) mass is 379 g/mol. The van der Waals surface area contributed by atoms with E-state index in [1.54, 1.807) is 56.2 Å². The van der Waals surface area contributed by atoms with Crippen LogP contribution in [0.5, 0.6) is 11.5 Å². The molecule has 0 radical (unpaired) electrons. The summed E-state index contributed by atoms with van der Waals surface area (Å²) in [6.45, 7) is 1.72. The molecule has 0 unspecified atom stereocenters. The minimum atomic E-state index is -1.02. The zero-order valence-electron chi connectivity index (χ0n) is 15.4. The topological polar surface area (TPSA) is 111 Å². The van der Waals surface area contributed by atoms with Crippen LogP contribution in [0.4, 0.5) is 0 Å². The minimum Gasteiger partial charge on any atom is -0.478 e. The average molecular weight is 379 g/mol. The molecule has 1 amide bonds. The Morgan fingerprint density at radius 3 is 2.75 bits per heavy atom. The molecule has 28 heavy (non-hydrogen) atoms. The van der Waals surface area contributed by atoms with E-state index in [9.17, 15) is 14.7 Å². The third kappa shape index (κ3) is 2.64. The normalized spacial score (nSPS) is 11.1. The number of carbonyl (C=O) groups is 2.